The first kappa shape index (κ1) is 17.9. The topological polar surface area (TPSA) is 66.3 Å². The smallest absolute Gasteiger partial charge is 0.226 e. The van der Waals surface area contributed by atoms with Crippen LogP contribution >= 0.6 is 0 Å². The molecule has 0 spiro atoms. The van der Waals surface area contributed by atoms with Crippen LogP contribution in [0.4, 0.5) is 0 Å². The fourth-order valence-electron chi connectivity index (χ4n) is 2.54. The molecule has 0 saturated carbocycles. The van der Waals surface area contributed by atoms with E-state index in [0.717, 1.165) is 31.4 Å². The maximum atomic E-state index is 11.6. The largest absolute Gasteiger partial charge is 0.481 e. The zero-order chi connectivity index (χ0) is 17.2. The molecule has 1 fully saturated rings. The quantitative estimate of drug-likeness (QED) is 0.452. The molecular weight excluding hydrogens is 302 g/mol. The van der Waals surface area contributed by atoms with Crippen molar-refractivity contribution in [1.82, 2.24) is 9.88 Å². The molecule has 2 rings (SSSR count). The van der Waals surface area contributed by atoms with E-state index >= 15 is 0 Å². The second-order valence-electron chi connectivity index (χ2n) is 5.93. The summed E-state index contributed by atoms with van der Waals surface area (Å²) >= 11 is 0. The van der Waals surface area contributed by atoms with Crippen LogP contribution in [0.2, 0.25) is 0 Å². The molecule has 0 aromatic carbocycles. The van der Waals surface area contributed by atoms with Gasteiger partial charge in [0.15, 0.2) is 5.90 Å². The normalized spacial score (nSPS) is 16.2. The zero-order valence-electron chi connectivity index (χ0n) is 14.1. The van der Waals surface area contributed by atoms with Crippen molar-refractivity contribution in [2.75, 3.05) is 13.2 Å². The third-order valence-corrected chi connectivity index (χ3v) is 3.83. The Bertz CT molecular complexity index is 596. The van der Waals surface area contributed by atoms with Crippen molar-refractivity contribution >= 4 is 11.8 Å². The third kappa shape index (κ3) is 6.36. The maximum Gasteiger partial charge on any atom is 0.226 e. The van der Waals surface area contributed by atoms with E-state index in [2.05, 4.69) is 17.1 Å². The summed E-state index contributed by atoms with van der Waals surface area (Å²) in [5, 5.41) is 7.41. The van der Waals surface area contributed by atoms with Crippen LogP contribution in [-0.4, -0.2) is 34.8 Å². The Hall–Kier alpha value is -2.43. The summed E-state index contributed by atoms with van der Waals surface area (Å²) in [6.07, 6.45) is 14.9. The molecule has 5 heteroatoms. The lowest BCUT2D eigenvalue weighted by atomic mass is 10.0. The number of likely N-dealkylation sites (tertiary alicyclic amines) is 1. The van der Waals surface area contributed by atoms with E-state index in [0.29, 0.717) is 13.0 Å². The molecule has 1 aliphatic rings. The van der Waals surface area contributed by atoms with Gasteiger partial charge in [0.05, 0.1) is 6.61 Å². The summed E-state index contributed by atoms with van der Waals surface area (Å²) in [6.45, 7) is 2.92. The molecule has 1 aliphatic heterocycles. The Morgan fingerprint density at radius 3 is 3.04 bits per heavy atom. The minimum Gasteiger partial charge on any atom is -0.481 e. The van der Waals surface area contributed by atoms with E-state index < -0.39 is 0 Å². The van der Waals surface area contributed by atoms with E-state index in [1.54, 1.807) is 18.0 Å². The molecule has 1 amide bonds. The number of pyridine rings is 1. The van der Waals surface area contributed by atoms with Gasteiger partial charge in [-0.1, -0.05) is 24.3 Å². The first-order chi connectivity index (χ1) is 11.6. The highest BCUT2D eigenvalue weighted by Gasteiger charge is 2.17. The predicted molar refractivity (Wildman–Crippen MR) is 94.6 cm³/mol. The van der Waals surface area contributed by atoms with Gasteiger partial charge in [-0.3, -0.25) is 15.2 Å². The highest BCUT2D eigenvalue weighted by atomic mass is 16.5. The molecule has 24 heavy (non-hydrogen) atoms. The average Bonchev–Trinajstić information content (AvgIpc) is 2.98. The van der Waals surface area contributed by atoms with E-state index in [4.69, 9.17) is 10.1 Å². The van der Waals surface area contributed by atoms with Gasteiger partial charge in [-0.15, -0.1) is 0 Å². The summed E-state index contributed by atoms with van der Waals surface area (Å²) in [6, 6.07) is 3.97. The van der Waals surface area contributed by atoms with Crippen LogP contribution in [-0.2, 0) is 16.0 Å². The number of hydrogen-bond acceptors (Lipinski definition) is 4. The molecule has 0 unspecified atom stereocenters. The Kier molecular flexibility index (Phi) is 7.21. The number of carbonyl (C=O) groups excluding carboxylic acids is 1. The van der Waals surface area contributed by atoms with Gasteiger partial charge >= 0.3 is 0 Å². The minimum absolute atomic E-state index is 0.177. The lowest BCUT2D eigenvalue weighted by Gasteiger charge is -2.13. The van der Waals surface area contributed by atoms with Crippen LogP contribution in [0.1, 0.15) is 31.7 Å². The first-order valence-corrected chi connectivity index (χ1v) is 8.35. The lowest BCUT2D eigenvalue weighted by molar-refractivity contribution is -0.125. The summed E-state index contributed by atoms with van der Waals surface area (Å²) in [5.41, 5.74) is 1.16. The standard InChI is InChI=1S/C19H25N3O2/c1-16(20)24-15-18(7-2-6-17-8-3-11-21-14-17)9-4-12-22-13-5-10-19(22)23/h2-4,7-8,11-12,14,18,20H,5-6,9-10,13,15H2,1H3/b7-2+,12-4+,20-16?/t18-/m1/s1. The highest BCUT2D eigenvalue weighted by molar-refractivity contribution is 5.79. The second-order valence-corrected chi connectivity index (χ2v) is 5.93. The Labute approximate surface area is 143 Å². The van der Waals surface area contributed by atoms with E-state index in [9.17, 15) is 4.79 Å². The fourth-order valence-corrected chi connectivity index (χ4v) is 2.54. The Morgan fingerprint density at radius 1 is 1.50 bits per heavy atom. The minimum atomic E-state index is 0.177. The first-order valence-electron chi connectivity index (χ1n) is 8.35. The molecule has 128 valence electrons. The molecule has 0 aliphatic carbocycles. The van der Waals surface area contributed by atoms with Crippen molar-refractivity contribution in [3.63, 3.8) is 0 Å². The number of allylic oxidation sites excluding steroid dienone is 2. The second kappa shape index (κ2) is 9.65. The molecular formula is C19H25N3O2. The zero-order valence-corrected chi connectivity index (χ0v) is 14.1. The van der Waals surface area contributed by atoms with Crippen molar-refractivity contribution in [2.24, 2.45) is 5.92 Å². The molecule has 1 atom stereocenters. The van der Waals surface area contributed by atoms with Gasteiger partial charge in [0.25, 0.3) is 0 Å². The van der Waals surface area contributed by atoms with Crippen molar-refractivity contribution in [2.45, 2.75) is 32.6 Å². The summed E-state index contributed by atoms with van der Waals surface area (Å²) in [4.78, 5) is 17.5. The van der Waals surface area contributed by atoms with Crippen LogP contribution < -0.4 is 0 Å². The van der Waals surface area contributed by atoms with E-state index in [-0.39, 0.29) is 17.7 Å². The number of amides is 1. The molecule has 1 aromatic rings. The van der Waals surface area contributed by atoms with Gasteiger partial charge in [-0.05, 0) is 30.9 Å². The van der Waals surface area contributed by atoms with Gasteiger partial charge in [0.1, 0.15) is 0 Å². The summed E-state index contributed by atoms with van der Waals surface area (Å²) in [5.74, 6) is 0.594. The van der Waals surface area contributed by atoms with Gasteiger partial charge < -0.3 is 9.64 Å². The van der Waals surface area contributed by atoms with Gasteiger partial charge in [0, 0.05) is 44.4 Å². The predicted octanol–water partition coefficient (Wildman–Crippen LogP) is 3.34. The molecule has 0 bridgehead atoms. The van der Waals surface area contributed by atoms with Crippen molar-refractivity contribution in [1.29, 1.82) is 5.41 Å². The maximum absolute atomic E-state index is 11.6. The fraction of sp³-hybridized carbons (Fsp3) is 0.421. The molecule has 1 aromatic heterocycles. The number of carbonyl (C=O) groups is 1. The van der Waals surface area contributed by atoms with Gasteiger partial charge in [-0.2, -0.15) is 0 Å². The summed E-state index contributed by atoms with van der Waals surface area (Å²) in [7, 11) is 0. The lowest BCUT2D eigenvalue weighted by Crippen LogP contribution is -2.17. The average molecular weight is 327 g/mol. The van der Waals surface area contributed by atoms with E-state index in [1.807, 2.05) is 30.6 Å². The number of nitrogens with one attached hydrogen (secondary N) is 1. The van der Waals surface area contributed by atoms with Crippen LogP contribution in [0.5, 0.6) is 0 Å². The Morgan fingerprint density at radius 2 is 2.38 bits per heavy atom. The summed E-state index contributed by atoms with van der Waals surface area (Å²) < 4.78 is 5.36. The number of aromatic nitrogens is 1. The van der Waals surface area contributed by atoms with E-state index in [1.165, 1.54) is 0 Å². The van der Waals surface area contributed by atoms with Gasteiger partial charge in [-0.25, -0.2) is 0 Å². The van der Waals surface area contributed by atoms with Gasteiger partial charge in [0.2, 0.25) is 5.91 Å². The highest BCUT2D eigenvalue weighted by Crippen LogP contribution is 2.13. The number of nitrogens with zero attached hydrogens (tertiary/aromatic N) is 2. The molecule has 1 N–H and O–H groups in total. The SMILES string of the molecule is CC(=N)OC[C@H](/C=C/Cc1cccnc1)C/C=C/N1CCCC1=O. The third-order valence-electron chi connectivity index (χ3n) is 3.83. The monoisotopic (exact) mass is 327 g/mol. The Balaban J connectivity index is 1.87. The number of ether oxygens (including phenoxy) is 1. The van der Waals surface area contributed by atoms with Crippen LogP contribution in [0, 0.1) is 11.3 Å². The molecule has 1 saturated heterocycles. The van der Waals surface area contributed by atoms with Crippen LogP contribution in [0.15, 0.2) is 49.0 Å². The molecule has 2 heterocycles. The van der Waals surface area contributed by atoms with Crippen LogP contribution in [0.25, 0.3) is 0 Å². The number of rotatable bonds is 8. The molecule has 5 nitrogen and oxygen atoms in total. The van der Waals surface area contributed by atoms with Crippen LogP contribution in [0.3, 0.4) is 0 Å². The van der Waals surface area contributed by atoms with Crippen molar-refractivity contribution in [3.05, 3.63) is 54.5 Å². The van der Waals surface area contributed by atoms with Crippen molar-refractivity contribution in [3.8, 4) is 0 Å². The van der Waals surface area contributed by atoms with Crippen molar-refractivity contribution < 1.29 is 9.53 Å². The number of hydrogen-bond donors (Lipinski definition) is 1. The molecule has 0 radical (unpaired) electrons.